The molecular formula is C19H18FN3O2. The molecule has 6 heteroatoms. The Morgan fingerprint density at radius 3 is 2.76 bits per heavy atom. The third-order valence-electron chi connectivity index (χ3n) is 4.62. The maximum atomic E-state index is 13.5. The molecule has 0 bridgehead atoms. The van der Waals surface area contributed by atoms with Crippen molar-refractivity contribution >= 4 is 11.5 Å². The van der Waals surface area contributed by atoms with Gasteiger partial charge in [-0.3, -0.25) is 4.99 Å². The Morgan fingerprint density at radius 2 is 2.04 bits per heavy atom. The lowest BCUT2D eigenvalue weighted by Crippen LogP contribution is -2.28. The fraction of sp³-hybridized carbons (Fsp3) is 0.263. The highest BCUT2D eigenvalue weighted by molar-refractivity contribution is 6.41. The van der Waals surface area contributed by atoms with Crippen molar-refractivity contribution in [3.63, 3.8) is 0 Å². The zero-order valence-electron chi connectivity index (χ0n) is 14.0. The summed E-state index contributed by atoms with van der Waals surface area (Å²) in [6.07, 6.45) is 0.627. The molecule has 2 N–H and O–H groups in total. The molecule has 2 heterocycles. The van der Waals surface area contributed by atoms with E-state index < -0.39 is 5.66 Å². The van der Waals surface area contributed by atoms with E-state index in [4.69, 9.17) is 20.2 Å². The van der Waals surface area contributed by atoms with E-state index in [0.717, 1.165) is 28.2 Å². The first-order chi connectivity index (χ1) is 12.0. The molecule has 2 aromatic rings. The number of methoxy groups -OCH3 is 1. The van der Waals surface area contributed by atoms with Crippen LogP contribution < -0.4 is 15.2 Å². The van der Waals surface area contributed by atoms with Crippen molar-refractivity contribution in [3.05, 3.63) is 47.8 Å². The molecule has 2 aliphatic rings. The van der Waals surface area contributed by atoms with Crippen LogP contribution in [0.4, 0.5) is 4.39 Å². The van der Waals surface area contributed by atoms with Crippen molar-refractivity contribution in [1.29, 1.82) is 0 Å². The van der Waals surface area contributed by atoms with Crippen molar-refractivity contribution in [3.8, 4) is 22.6 Å². The topological polar surface area (TPSA) is 69.2 Å². The fourth-order valence-electron chi connectivity index (χ4n) is 3.35. The van der Waals surface area contributed by atoms with Gasteiger partial charge in [0.25, 0.3) is 0 Å². The van der Waals surface area contributed by atoms with Crippen LogP contribution in [0.1, 0.15) is 18.9 Å². The van der Waals surface area contributed by atoms with Crippen molar-refractivity contribution in [2.24, 2.45) is 15.7 Å². The van der Waals surface area contributed by atoms with Gasteiger partial charge in [-0.25, -0.2) is 9.38 Å². The Labute approximate surface area is 145 Å². The summed E-state index contributed by atoms with van der Waals surface area (Å²) >= 11 is 0. The molecule has 0 fully saturated rings. The van der Waals surface area contributed by atoms with Crippen LogP contribution in [0.15, 0.2) is 46.4 Å². The molecule has 2 aliphatic heterocycles. The van der Waals surface area contributed by atoms with Gasteiger partial charge in [0, 0.05) is 23.6 Å². The van der Waals surface area contributed by atoms with Crippen LogP contribution in [0.5, 0.6) is 11.5 Å². The van der Waals surface area contributed by atoms with Gasteiger partial charge in [0.1, 0.15) is 23.2 Å². The minimum atomic E-state index is -0.731. The largest absolute Gasteiger partial charge is 0.496 e. The molecule has 0 aromatic heterocycles. The van der Waals surface area contributed by atoms with Crippen LogP contribution in [0.3, 0.4) is 0 Å². The number of hydrogen-bond donors (Lipinski definition) is 1. The summed E-state index contributed by atoms with van der Waals surface area (Å²) in [5, 5.41) is 0. The molecule has 2 aromatic carbocycles. The van der Waals surface area contributed by atoms with Gasteiger partial charge in [0.15, 0.2) is 5.66 Å². The summed E-state index contributed by atoms with van der Waals surface area (Å²) in [5.41, 5.74) is 8.51. The van der Waals surface area contributed by atoms with Crippen LogP contribution in [0, 0.1) is 5.82 Å². The lowest BCUT2D eigenvalue weighted by Gasteiger charge is -2.31. The second-order valence-electron chi connectivity index (χ2n) is 6.16. The summed E-state index contributed by atoms with van der Waals surface area (Å²) in [6, 6.07) is 10.3. The standard InChI is InChI=1S/C19H18FN3O2/c1-11-18(21)23-19(22-11)7-8-25-16-6-3-12(9-15(16)19)14-5-4-13(20)10-17(14)24-2/h3-6,9-10H,7-8H2,1-2H3,(H2,21,23). The number of amidine groups is 1. The Bertz CT molecular complexity index is 903. The number of hydrogen-bond acceptors (Lipinski definition) is 5. The molecule has 0 amide bonds. The second kappa shape index (κ2) is 5.58. The zero-order chi connectivity index (χ0) is 17.6. The summed E-state index contributed by atoms with van der Waals surface area (Å²) in [6.45, 7) is 2.38. The van der Waals surface area contributed by atoms with Gasteiger partial charge >= 0.3 is 0 Å². The van der Waals surface area contributed by atoms with Crippen molar-refractivity contribution in [2.45, 2.75) is 19.0 Å². The number of fused-ring (bicyclic) bond motifs is 2. The van der Waals surface area contributed by atoms with E-state index in [9.17, 15) is 4.39 Å². The third-order valence-corrected chi connectivity index (χ3v) is 4.62. The molecule has 1 unspecified atom stereocenters. The van der Waals surface area contributed by atoms with Crippen LogP contribution in [-0.2, 0) is 5.66 Å². The van der Waals surface area contributed by atoms with Gasteiger partial charge in [-0.15, -0.1) is 0 Å². The lowest BCUT2D eigenvalue weighted by atomic mass is 9.91. The monoisotopic (exact) mass is 339 g/mol. The molecule has 25 heavy (non-hydrogen) atoms. The maximum Gasteiger partial charge on any atom is 0.185 e. The number of ether oxygens (including phenoxy) is 2. The summed E-state index contributed by atoms with van der Waals surface area (Å²) in [7, 11) is 1.52. The quantitative estimate of drug-likeness (QED) is 0.913. The van der Waals surface area contributed by atoms with E-state index in [-0.39, 0.29) is 5.82 Å². The maximum absolute atomic E-state index is 13.5. The Balaban J connectivity index is 1.88. The van der Waals surface area contributed by atoms with Crippen LogP contribution in [0.25, 0.3) is 11.1 Å². The number of halogens is 1. The molecule has 5 nitrogen and oxygen atoms in total. The van der Waals surface area contributed by atoms with Gasteiger partial charge < -0.3 is 15.2 Å². The minimum Gasteiger partial charge on any atom is -0.496 e. The fourth-order valence-corrected chi connectivity index (χ4v) is 3.35. The van der Waals surface area contributed by atoms with E-state index in [1.165, 1.54) is 19.2 Å². The van der Waals surface area contributed by atoms with E-state index in [1.807, 2.05) is 25.1 Å². The molecule has 1 spiro atoms. The van der Waals surface area contributed by atoms with E-state index >= 15 is 0 Å². The van der Waals surface area contributed by atoms with E-state index in [1.54, 1.807) is 6.07 Å². The average Bonchev–Trinajstić information content (AvgIpc) is 2.89. The highest BCUT2D eigenvalue weighted by atomic mass is 19.1. The van der Waals surface area contributed by atoms with Gasteiger partial charge in [0.2, 0.25) is 0 Å². The van der Waals surface area contributed by atoms with Gasteiger partial charge in [-0.05, 0) is 36.8 Å². The van der Waals surface area contributed by atoms with Gasteiger partial charge in [0.05, 0.1) is 19.4 Å². The van der Waals surface area contributed by atoms with Gasteiger partial charge in [-0.2, -0.15) is 0 Å². The number of nitrogens with zero attached hydrogens (tertiary/aromatic N) is 2. The van der Waals surface area contributed by atoms with Crippen molar-refractivity contribution < 1.29 is 13.9 Å². The first kappa shape index (κ1) is 15.6. The molecule has 128 valence electrons. The Kier molecular flexibility index (Phi) is 3.49. The number of rotatable bonds is 2. The third kappa shape index (κ3) is 2.45. The Hall–Kier alpha value is -2.89. The molecule has 0 aliphatic carbocycles. The number of aliphatic imine (C=N–C) groups is 2. The summed E-state index contributed by atoms with van der Waals surface area (Å²) in [5.74, 6) is 1.33. The normalized spacial score (nSPS) is 21.4. The first-order valence-corrected chi connectivity index (χ1v) is 8.06. The SMILES string of the molecule is COc1cc(F)ccc1-c1ccc2c(c1)C1(CCO2)N=C(C)C(N)=N1. The van der Waals surface area contributed by atoms with E-state index in [0.29, 0.717) is 24.6 Å². The highest BCUT2D eigenvalue weighted by Crippen LogP contribution is 2.45. The number of nitrogens with two attached hydrogens (primary N) is 1. The molecule has 1 atom stereocenters. The molecule has 0 saturated carbocycles. The van der Waals surface area contributed by atoms with Crippen LogP contribution in [-0.4, -0.2) is 25.3 Å². The second-order valence-corrected chi connectivity index (χ2v) is 6.16. The summed E-state index contributed by atoms with van der Waals surface area (Å²) in [4.78, 5) is 9.32. The van der Waals surface area contributed by atoms with Crippen molar-refractivity contribution in [1.82, 2.24) is 0 Å². The predicted octanol–water partition coefficient (Wildman–Crippen LogP) is 3.27. The molecular weight excluding hydrogens is 321 g/mol. The average molecular weight is 339 g/mol. The zero-order valence-corrected chi connectivity index (χ0v) is 14.0. The number of benzene rings is 2. The van der Waals surface area contributed by atoms with E-state index in [2.05, 4.69) is 4.99 Å². The summed E-state index contributed by atoms with van der Waals surface area (Å²) < 4.78 is 24.6. The first-order valence-electron chi connectivity index (χ1n) is 8.06. The molecule has 4 rings (SSSR count). The minimum absolute atomic E-state index is 0.341. The smallest absolute Gasteiger partial charge is 0.185 e. The predicted molar refractivity (Wildman–Crippen MR) is 94.9 cm³/mol. The molecule has 0 radical (unpaired) electrons. The molecule has 0 saturated heterocycles. The lowest BCUT2D eigenvalue weighted by molar-refractivity contribution is 0.225. The highest BCUT2D eigenvalue weighted by Gasteiger charge is 2.41. The van der Waals surface area contributed by atoms with Crippen LogP contribution in [0.2, 0.25) is 0 Å². The van der Waals surface area contributed by atoms with Crippen LogP contribution >= 0.6 is 0 Å². The Morgan fingerprint density at radius 1 is 1.20 bits per heavy atom. The van der Waals surface area contributed by atoms with Gasteiger partial charge in [-0.1, -0.05) is 6.07 Å². The van der Waals surface area contributed by atoms with Crippen molar-refractivity contribution in [2.75, 3.05) is 13.7 Å².